The molecule has 0 radical (unpaired) electrons. The van der Waals surface area contributed by atoms with Gasteiger partial charge in [0, 0.05) is 7.11 Å². The molecular formula is C13H23N3O2. The molecule has 0 bridgehead atoms. The minimum absolute atomic E-state index is 0.179. The van der Waals surface area contributed by atoms with Gasteiger partial charge in [-0.3, -0.25) is 0 Å². The largest absolute Gasteiger partial charge is 0.370 e. The van der Waals surface area contributed by atoms with Crippen molar-refractivity contribution >= 4 is 0 Å². The van der Waals surface area contributed by atoms with Gasteiger partial charge in [-0.15, -0.1) is 0 Å². The maximum Gasteiger partial charge on any atom is 0.244 e. The van der Waals surface area contributed by atoms with Crippen LogP contribution in [0, 0.1) is 5.92 Å². The summed E-state index contributed by atoms with van der Waals surface area (Å²) >= 11 is 0. The van der Waals surface area contributed by atoms with E-state index in [-0.39, 0.29) is 6.04 Å². The SMILES string of the molecule is CCC(C)(OC)c1noc(C2NCCCC2C)n1. The number of hydrogen-bond donors (Lipinski definition) is 1. The second-order valence-electron chi connectivity index (χ2n) is 5.30. The fourth-order valence-corrected chi connectivity index (χ4v) is 2.35. The molecule has 1 fully saturated rings. The molecule has 0 aliphatic carbocycles. The van der Waals surface area contributed by atoms with Crippen LogP contribution >= 0.6 is 0 Å². The Kier molecular flexibility index (Phi) is 4.02. The maximum atomic E-state index is 5.50. The Hall–Kier alpha value is -0.940. The molecule has 0 aromatic carbocycles. The molecule has 1 aliphatic rings. The summed E-state index contributed by atoms with van der Waals surface area (Å²) in [6.45, 7) is 7.28. The third kappa shape index (κ3) is 2.42. The smallest absolute Gasteiger partial charge is 0.244 e. The molecule has 0 amide bonds. The highest BCUT2D eigenvalue weighted by Gasteiger charge is 2.33. The van der Waals surface area contributed by atoms with E-state index < -0.39 is 5.60 Å². The van der Waals surface area contributed by atoms with Crippen molar-refractivity contribution in [2.24, 2.45) is 5.92 Å². The topological polar surface area (TPSA) is 60.2 Å². The molecule has 0 spiro atoms. The molecule has 3 atom stereocenters. The van der Waals surface area contributed by atoms with Crippen LogP contribution in [0.2, 0.25) is 0 Å². The fourth-order valence-electron chi connectivity index (χ4n) is 2.35. The van der Waals surface area contributed by atoms with Gasteiger partial charge in [-0.25, -0.2) is 0 Å². The number of nitrogens with one attached hydrogen (secondary N) is 1. The maximum absolute atomic E-state index is 5.50. The molecule has 5 nitrogen and oxygen atoms in total. The van der Waals surface area contributed by atoms with Gasteiger partial charge in [0.15, 0.2) is 0 Å². The van der Waals surface area contributed by atoms with E-state index in [4.69, 9.17) is 9.26 Å². The van der Waals surface area contributed by atoms with Gasteiger partial charge in [0.05, 0.1) is 6.04 Å². The lowest BCUT2D eigenvalue weighted by Gasteiger charge is -2.27. The highest BCUT2D eigenvalue weighted by atomic mass is 16.5. The Labute approximate surface area is 108 Å². The van der Waals surface area contributed by atoms with Crippen molar-refractivity contribution in [3.63, 3.8) is 0 Å². The van der Waals surface area contributed by atoms with Crippen LogP contribution in [0.25, 0.3) is 0 Å². The lowest BCUT2D eigenvalue weighted by atomic mass is 9.92. The Bertz CT molecular complexity index is 387. The third-order valence-corrected chi connectivity index (χ3v) is 4.08. The molecule has 1 aromatic heterocycles. The highest BCUT2D eigenvalue weighted by Crippen LogP contribution is 2.31. The highest BCUT2D eigenvalue weighted by molar-refractivity contribution is 5.03. The predicted octanol–water partition coefficient (Wildman–Crippen LogP) is 2.40. The number of rotatable bonds is 4. The average Bonchev–Trinajstić information content (AvgIpc) is 2.88. The number of methoxy groups -OCH3 is 1. The first kappa shape index (κ1) is 13.5. The zero-order chi connectivity index (χ0) is 13.2. The molecule has 2 rings (SSSR count). The van der Waals surface area contributed by atoms with Gasteiger partial charge in [-0.05, 0) is 38.6 Å². The lowest BCUT2D eigenvalue weighted by Crippen LogP contribution is -2.33. The van der Waals surface area contributed by atoms with Crippen molar-refractivity contribution in [3.8, 4) is 0 Å². The van der Waals surface area contributed by atoms with E-state index in [0.717, 1.165) is 13.0 Å². The second kappa shape index (κ2) is 5.36. The minimum Gasteiger partial charge on any atom is -0.370 e. The Morgan fingerprint density at radius 3 is 2.94 bits per heavy atom. The molecule has 1 aliphatic heterocycles. The Morgan fingerprint density at radius 2 is 2.33 bits per heavy atom. The average molecular weight is 253 g/mol. The van der Waals surface area contributed by atoms with Gasteiger partial charge < -0.3 is 14.6 Å². The van der Waals surface area contributed by atoms with Crippen molar-refractivity contribution in [3.05, 3.63) is 11.7 Å². The van der Waals surface area contributed by atoms with E-state index in [1.165, 1.54) is 12.8 Å². The van der Waals surface area contributed by atoms with E-state index in [1.807, 2.05) is 6.92 Å². The summed E-state index contributed by atoms with van der Waals surface area (Å²) in [6.07, 6.45) is 3.23. The van der Waals surface area contributed by atoms with Crippen LogP contribution in [0.4, 0.5) is 0 Å². The Morgan fingerprint density at radius 1 is 1.56 bits per heavy atom. The van der Waals surface area contributed by atoms with E-state index in [2.05, 4.69) is 29.3 Å². The standard InChI is InChI=1S/C13H23N3O2/c1-5-13(3,17-4)12-15-11(18-16-12)10-9(2)7-6-8-14-10/h9-10,14H,5-8H2,1-4H3. The summed E-state index contributed by atoms with van der Waals surface area (Å²) in [7, 11) is 1.68. The third-order valence-electron chi connectivity index (χ3n) is 4.08. The van der Waals surface area contributed by atoms with E-state index >= 15 is 0 Å². The predicted molar refractivity (Wildman–Crippen MR) is 68.1 cm³/mol. The van der Waals surface area contributed by atoms with E-state index in [9.17, 15) is 0 Å². The monoisotopic (exact) mass is 253 g/mol. The normalized spacial score (nSPS) is 28.0. The van der Waals surface area contributed by atoms with Crippen molar-refractivity contribution < 1.29 is 9.26 Å². The lowest BCUT2D eigenvalue weighted by molar-refractivity contribution is -0.0106. The van der Waals surface area contributed by atoms with Gasteiger partial charge >= 0.3 is 0 Å². The fraction of sp³-hybridized carbons (Fsp3) is 0.846. The first-order valence-electron chi connectivity index (χ1n) is 6.73. The molecule has 1 N–H and O–H groups in total. The van der Waals surface area contributed by atoms with Crippen molar-refractivity contribution in [1.29, 1.82) is 0 Å². The Balaban J connectivity index is 2.19. The molecule has 3 unspecified atom stereocenters. The number of nitrogens with zero attached hydrogens (tertiary/aromatic N) is 2. The summed E-state index contributed by atoms with van der Waals surface area (Å²) in [5.74, 6) is 1.86. The van der Waals surface area contributed by atoms with Crippen molar-refractivity contribution in [2.75, 3.05) is 13.7 Å². The molecule has 2 heterocycles. The zero-order valence-electron chi connectivity index (χ0n) is 11.7. The second-order valence-corrected chi connectivity index (χ2v) is 5.30. The van der Waals surface area contributed by atoms with Gasteiger partial charge in [-0.2, -0.15) is 4.98 Å². The molecular weight excluding hydrogens is 230 g/mol. The molecule has 5 heteroatoms. The number of hydrogen-bond acceptors (Lipinski definition) is 5. The quantitative estimate of drug-likeness (QED) is 0.892. The van der Waals surface area contributed by atoms with Crippen LogP contribution in [0.15, 0.2) is 4.52 Å². The number of ether oxygens (including phenoxy) is 1. The first-order chi connectivity index (χ1) is 8.60. The zero-order valence-corrected chi connectivity index (χ0v) is 11.7. The van der Waals surface area contributed by atoms with Crippen LogP contribution in [0.5, 0.6) is 0 Å². The summed E-state index contributed by atoms with van der Waals surface area (Å²) in [5, 5.41) is 7.54. The molecule has 0 saturated carbocycles. The van der Waals surface area contributed by atoms with Crippen LogP contribution < -0.4 is 5.32 Å². The van der Waals surface area contributed by atoms with Gasteiger partial charge in [0.1, 0.15) is 5.60 Å². The summed E-state index contributed by atoms with van der Waals surface area (Å²) < 4.78 is 10.9. The molecule has 102 valence electrons. The van der Waals surface area contributed by atoms with Crippen LogP contribution in [-0.2, 0) is 10.3 Å². The minimum atomic E-state index is -0.459. The number of piperidine rings is 1. The molecule has 18 heavy (non-hydrogen) atoms. The van der Waals surface area contributed by atoms with E-state index in [0.29, 0.717) is 17.6 Å². The summed E-state index contributed by atoms with van der Waals surface area (Å²) in [5.41, 5.74) is -0.459. The van der Waals surface area contributed by atoms with Crippen LogP contribution in [0.1, 0.15) is 57.8 Å². The van der Waals surface area contributed by atoms with Gasteiger partial charge in [-0.1, -0.05) is 19.0 Å². The first-order valence-corrected chi connectivity index (χ1v) is 6.73. The summed E-state index contributed by atoms with van der Waals surface area (Å²) in [4.78, 5) is 4.53. The molecule has 1 aromatic rings. The van der Waals surface area contributed by atoms with Crippen molar-refractivity contribution in [2.45, 2.75) is 51.7 Å². The van der Waals surface area contributed by atoms with Crippen molar-refractivity contribution in [1.82, 2.24) is 15.5 Å². The van der Waals surface area contributed by atoms with E-state index in [1.54, 1.807) is 7.11 Å². The number of aromatic nitrogens is 2. The summed E-state index contributed by atoms with van der Waals surface area (Å²) in [6, 6.07) is 0.179. The molecule has 1 saturated heterocycles. The van der Waals surface area contributed by atoms with Gasteiger partial charge in [0.25, 0.3) is 0 Å². The van der Waals surface area contributed by atoms with Gasteiger partial charge in [0.2, 0.25) is 11.7 Å². The van der Waals surface area contributed by atoms with Crippen LogP contribution in [0.3, 0.4) is 0 Å². The van der Waals surface area contributed by atoms with Crippen LogP contribution in [-0.4, -0.2) is 23.8 Å².